The quantitative estimate of drug-likeness (QED) is 0.638. The Morgan fingerprint density at radius 1 is 1.13 bits per heavy atom. The first kappa shape index (κ1) is 23.1. The molecule has 0 heterocycles. The molecule has 1 aliphatic carbocycles. The van der Waals surface area contributed by atoms with Gasteiger partial charge in [-0.1, -0.05) is 48.7 Å². The standard InChI is InChI=1S/C25H31ClN2O3/c1-17-12-18(2)14-22(13-17)31-16-24(29)28(15-20-8-4-7-11-23(20)26)19(3)25(30)27-21-9-5-6-10-21/h4,7-8,11-14,19,21H,5-6,9-10,15-16H2,1-3H3,(H,27,30). The molecule has 6 heteroatoms. The predicted molar refractivity (Wildman–Crippen MR) is 123 cm³/mol. The van der Waals surface area contributed by atoms with Gasteiger partial charge < -0.3 is 15.0 Å². The maximum atomic E-state index is 13.2. The van der Waals surface area contributed by atoms with Crippen LogP contribution in [0.5, 0.6) is 5.75 Å². The lowest BCUT2D eigenvalue weighted by molar-refractivity contribution is -0.142. The lowest BCUT2D eigenvalue weighted by Crippen LogP contribution is -2.50. The molecule has 0 aliphatic heterocycles. The van der Waals surface area contributed by atoms with Gasteiger partial charge in [-0.3, -0.25) is 9.59 Å². The highest BCUT2D eigenvalue weighted by Gasteiger charge is 2.29. The molecule has 0 spiro atoms. The van der Waals surface area contributed by atoms with Crippen molar-refractivity contribution in [1.82, 2.24) is 10.2 Å². The van der Waals surface area contributed by atoms with Gasteiger partial charge in [-0.05, 0) is 68.5 Å². The molecule has 0 radical (unpaired) electrons. The van der Waals surface area contributed by atoms with Crippen molar-refractivity contribution in [3.05, 3.63) is 64.2 Å². The maximum absolute atomic E-state index is 13.2. The van der Waals surface area contributed by atoms with Crippen molar-refractivity contribution in [2.24, 2.45) is 0 Å². The van der Waals surface area contributed by atoms with Gasteiger partial charge in [0.05, 0.1) is 0 Å². The van der Waals surface area contributed by atoms with Crippen molar-refractivity contribution in [3.63, 3.8) is 0 Å². The molecule has 0 bridgehead atoms. The van der Waals surface area contributed by atoms with E-state index in [-0.39, 0.29) is 31.0 Å². The molecule has 1 atom stereocenters. The number of aryl methyl sites for hydroxylation is 2. The molecule has 166 valence electrons. The minimum atomic E-state index is -0.632. The summed E-state index contributed by atoms with van der Waals surface area (Å²) in [5.41, 5.74) is 2.93. The molecule has 2 aromatic carbocycles. The van der Waals surface area contributed by atoms with Crippen molar-refractivity contribution < 1.29 is 14.3 Å². The van der Waals surface area contributed by atoms with Crippen LogP contribution in [0.3, 0.4) is 0 Å². The Bertz CT molecular complexity index is 904. The largest absolute Gasteiger partial charge is 0.484 e. The van der Waals surface area contributed by atoms with Crippen molar-refractivity contribution in [1.29, 1.82) is 0 Å². The predicted octanol–water partition coefficient (Wildman–Crippen LogP) is 4.81. The van der Waals surface area contributed by atoms with Crippen LogP contribution in [-0.2, 0) is 16.1 Å². The van der Waals surface area contributed by atoms with Gasteiger partial charge in [-0.25, -0.2) is 0 Å². The molecule has 0 aromatic heterocycles. The summed E-state index contributed by atoms with van der Waals surface area (Å²) in [4.78, 5) is 27.6. The molecule has 0 saturated heterocycles. The van der Waals surface area contributed by atoms with E-state index in [2.05, 4.69) is 5.32 Å². The maximum Gasteiger partial charge on any atom is 0.261 e. The van der Waals surface area contributed by atoms with Crippen LogP contribution < -0.4 is 10.1 Å². The fourth-order valence-electron chi connectivity index (χ4n) is 4.03. The number of benzene rings is 2. The normalized spacial score (nSPS) is 14.8. The average Bonchev–Trinajstić information content (AvgIpc) is 3.23. The van der Waals surface area contributed by atoms with Crippen molar-refractivity contribution >= 4 is 23.4 Å². The van der Waals surface area contributed by atoms with E-state index >= 15 is 0 Å². The topological polar surface area (TPSA) is 58.6 Å². The van der Waals surface area contributed by atoms with Gasteiger partial charge in [0, 0.05) is 17.6 Å². The first-order chi connectivity index (χ1) is 14.8. The van der Waals surface area contributed by atoms with Crippen LogP contribution >= 0.6 is 11.6 Å². The molecule has 1 saturated carbocycles. The fourth-order valence-corrected chi connectivity index (χ4v) is 4.22. The minimum absolute atomic E-state index is 0.140. The van der Waals surface area contributed by atoms with Crippen LogP contribution in [-0.4, -0.2) is 35.4 Å². The van der Waals surface area contributed by atoms with Gasteiger partial charge >= 0.3 is 0 Å². The summed E-state index contributed by atoms with van der Waals surface area (Å²) >= 11 is 6.33. The highest BCUT2D eigenvalue weighted by atomic mass is 35.5. The van der Waals surface area contributed by atoms with E-state index < -0.39 is 6.04 Å². The summed E-state index contributed by atoms with van der Waals surface area (Å²) < 4.78 is 5.79. The van der Waals surface area contributed by atoms with E-state index in [1.807, 2.05) is 50.2 Å². The van der Waals surface area contributed by atoms with Crippen molar-refractivity contribution in [3.8, 4) is 5.75 Å². The van der Waals surface area contributed by atoms with Crippen LogP contribution in [0.15, 0.2) is 42.5 Å². The summed E-state index contributed by atoms with van der Waals surface area (Å²) in [6.07, 6.45) is 4.25. The Hall–Kier alpha value is -2.53. The van der Waals surface area contributed by atoms with Crippen LogP contribution in [0.1, 0.15) is 49.3 Å². The van der Waals surface area contributed by atoms with E-state index in [9.17, 15) is 9.59 Å². The number of hydrogen-bond acceptors (Lipinski definition) is 3. The molecule has 1 aliphatic rings. The fraction of sp³-hybridized carbons (Fsp3) is 0.440. The van der Waals surface area contributed by atoms with Crippen LogP contribution in [0.2, 0.25) is 5.02 Å². The molecule has 31 heavy (non-hydrogen) atoms. The smallest absolute Gasteiger partial charge is 0.261 e. The minimum Gasteiger partial charge on any atom is -0.484 e. The number of carbonyl (C=O) groups excluding carboxylic acids is 2. The highest BCUT2D eigenvalue weighted by molar-refractivity contribution is 6.31. The molecule has 2 aromatic rings. The third-order valence-electron chi connectivity index (χ3n) is 5.72. The van der Waals surface area contributed by atoms with E-state index in [1.54, 1.807) is 17.9 Å². The second kappa shape index (κ2) is 10.7. The summed E-state index contributed by atoms with van der Waals surface area (Å²) in [5.74, 6) is 0.249. The Morgan fingerprint density at radius 2 is 1.77 bits per heavy atom. The van der Waals surface area contributed by atoms with Gasteiger partial charge in [0.25, 0.3) is 5.91 Å². The van der Waals surface area contributed by atoms with Crippen molar-refractivity contribution in [2.45, 2.75) is 65.1 Å². The second-order valence-corrected chi connectivity index (χ2v) is 8.80. The number of halogens is 1. The summed E-state index contributed by atoms with van der Waals surface area (Å²) in [6.45, 7) is 5.83. The van der Waals surface area contributed by atoms with Gasteiger partial charge in [0.1, 0.15) is 11.8 Å². The first-order valence-electron chi connectivity index (χ1n) is 10.9. The summed E-state index contributed by atoms with van der Waals surface area (Å²) in [6, 6.07) is 12.8. The lowest BCUT2D eigenvalue weighted by Gasteiger charge is -2.30. The average molecular weight is 443 g/mol. The highest BCUT2D eigenvalue weighted by Crippen LogP contribution is 2.21. The van der Waals surface area contributed by atoms with Gasteiger partial charge in [-0.2, -0.15) is 0 Å². The van der Waals surface area contributed by atoms with Crippen LogP contribution in [0, 0.1) is 13.8 Å². The molecule has 3 rings (SSSR count). The Morgan fingerprint density at radius 3 is 2.42 bits per heavy atom. The zero-order valence-electron chi connectivity index (χ0n) is 18.5. The SMILES string of the molecule is Cc1cc(C)cc(OCC(=O)N(Cc2ccccc2Cl)C(C)C(=O)NC2CCCC2)c1. The molecule has 1 unspecified atom stereocenters. The number of nitrogens with one attached hydrogen (secondary N) is 1. The zero-order chi connectivity index (χ0) is 22.4. The number of hydrogen-bond donors (Lipinski definition) is 1. The van der Waals surface area contributed by atoms with E-state index in [4.69, 9.17) is 16.3 Å². The van der Waals surface area contributed by atoms with E-state index in [1.165, 1.54) is 0 Å². The monoisotopic (exact) mass is 442 g/mol. The molecular weight excluding hydrogens is 412 g/mol. The number of ether oxygens (including phenoxy) is 1. The number of rotatable bonds is 8. The van der Waals surface area contributed by atoms with Gasteiger partial charge in [0.2, 0.25) is 5.91 Å². The van der Waals surface area contributed by atoms with Crippen molar-refractivity contribution in [2.75, 3.05) is 6.61 Å². The Labute approximate surface area is 189 Å². The third-order valence-corrected chi connectivity index (χ3v) is 6.09. The summed E-state index contributed by atoms with van der Waals surface area (Å²) in [7, 11) is 0. The third kappa shape index (κ3) is 6.47. The molecule has 2 amide bonds. The molecule has 5 nitrogen and oxygen atoms in total. The lowest BCUT2D eigenvalue weighted by atomic mass is 10.1. The van der Waals surface area contributed by atoms with Crippen LogP contribution in [0.4, 0.5) is 0 Å². The number of nitrogens with zero attached hydrogens (tertiary/aromatic N) is 1. The van der Waals surface area contributed by atoms with Crippen LogP contribution in [0.25, 0.3) is 0 Å². The first-order valence-corrected chi connectivity index (χ1v) is 11.3. The number of amides is 2. The Kier molecular flexibility index (Phi) is 7.97. The summed E-state index contributed by atoms with van der Waals surface area (Å²) in [5, 5.41) is 3.66. The van der Waals surface area contributed by atoms with Gasteiger partial charge in [-0.15, -0.1) is 0 Å². The Balaban J connectivity index is 1.74. The van der Waals surface area contributed by atoms with E-state index in [0.29, 0.717) is 10.8 Å². The van der Waals surface area contributed by atoms with Gasteiger partial charge in [0.15, 0.2) is 6.61 Å². The second-order valence-electron chi connectivity index (χ2n) is 8.39. The molecule has 1 N–H and O–H groups in total. The molecular formula is C25H31ClN2O3. The number of carbonyl (C=O) groups is 2. The molecule has 1 fully saturated rings. The van der Waals surface area contributed by atoms with E-state index in [0.717, 1.165) is 42.4 Å². The zero-order valence-corrected chi connectivity index (χ0v) is 19.2.